The van der Waals surface area contributed by atoms with Crippen LogP contribution < -0.4 is 0 Å². The van der Waals surface area contributed by atoms with E-state index >= 15 is 0 Å². The third kappa shape index (κ3) is 4.00. The minimum atomic E-state index is -0.274. The maximum absolute atomic E-state index is 12.6. The summed E-state index contributed by atoms with van der Waals surface area (Å²) in [6.07, 6.45) is 0.364. The molecule has 0 N–H and O–H groups in total. The summed E-state index contributed by atoms with van der Waals surface area (Å²) in [4.78, 5) is 10.8. The number of rotatable bonds is 4. The molecule has 0 amide bonds. The first-order valence-electron chi connectivity index (χ1n) is 4.68. The summed E-state index contributed by atoms with van der Waals surface area (Å²) in [7, 11) is 0. The molecule has 15 heavy (non-hydrogen) atoms. The lowest BCUT2D eigenvalue weighted by atomic mass is 10.1. The Labute approximate surface area is 96.6 Å². The third-order valence-electron chi connectivity index (χ3n) is 1.91. The van der Waals surface area contributed by atoms with Crippen LogP contribution in [0.3, 0.4) is 0 Å². The topological polar surface area (TPSA) is 26.3 Å². The van der Waals surface area contributed by atoms with Crippen LogP contribution in [0.1, 0.15) is 23.7 Å². The molecule has 1 aromatic carbocycles. The van der Waals surface area contributed by atoms with Crippen LogP contribution in [0.5, 0.6) is 0 Å². The van der Waals surface area contributed by atoms with Crippen molar-refractivity contribution in [3.63, 3.8) is 0 Å². The number of halogens is 2. The summed E-state index contributed by atoms with van der Waals surface area (Å²) < 4.78 is 17.6. The number of ether oxygens (including phenoxy) is 1. The molecule has 0 aliphatic heterocycles. The quantitative estimate of drug-likeness (QED) is 0.623. The molecule has 0 heterocycles. The second-order valence-electron chi connectivity index (χ2n) is 3.06. The van der Waals surface area contributed by atoms with E-state index in [4.69, 9.17) is 4.74 Å². The van der Waals surface area contributed by atoms with Crippen molar-refractivity contribution in [2.24, 2.45) is 0 Å². The van der Waals surface area contributed by atoms with Crippen LogP contribution in [-0.2, 0) is 9.53 Å². The fraction of sp³-hybridized carbons (Fsp3) is 0.364. The molecule has 1 aromatic rings. The molecule has 1 unspecified atom stereocenters. The average molecular weight is 275 g/mol. The normalized spacial score (nSPS) is 12.2. The molecule has 0 bridgehead atoms. The molecule has 4 heteroatoms. The highest BCUT2D eigenvalue weighted by Crippen LogP contribution is 2.23. The summed E-state index contributed by atoms with van der Waals surface area (Å²) in [5, 5.41) is 0. The van der Waals surface area contributed by atoms with Crippen molar-refractivity contribution < 1.29 is 13.9 Å². The van der Waals surface area contributed by atoms with Gasteiger partial charge in [-0.05, 0) is 17.7 Å². The Morgan fingerprint density at radius 2 is 2.07 bits per heavy atom. The zero-order valence-electron chi connectivity index (χ0n) is 8.37. The second kappa shape index (κ2) is 5.85. The van der Waals surface area contributed by atoms with E-state index in [1.165, 1.54) is 12.1 Å². The molecule has 2 nitrogen and oxygen atoms in total. The van der Waals surface area contributed by atoms with E-state index in [0.717, 1.165) is 5.56 Å². The van der Waals surface area contributed by atoms with Crippen LogP contribution >= 0.6 is 15.9 Å². The maximum Gasteiger partial charge on any atom is 0.305 e. The first-order chi connectivity index (χ1) is 7.13. The smallest absolute Gasteiger partial charge is 0.305 e. The van der Waals surface area contributed by atoms with E-state index in [-0.39, 0.29) is 23.2 Å². The van der Waals surface area contributed by atoms with Gasteiger partial charge >= 0.3 is 5.97 Å². The van der Waals surface area contributed by atoms with Gasteiger partial charge in [-0.25, -0.2) is 4.39 Å². The highest BCUT2D eigenvalue weighted by molar-refractivity contribution is 9.09. The van der Waals surface area contributed by atoms with Gasteiger partial charge in [0, 0.05) is 6.42 Å². The molecule has 1 atom stereocenters. The number of esters is 1. The van der Waals surface area contributed by atoms with E-state index in [2.05, 4.69) is 15.9 Å². The van der Waals surface area contributed by atoms with Crippen LogP contribution in [0.4, 0.5) is 4.39 Å². The SMILES string of the molecule is CCC(=O)OCC(Br)c1ccc(F)cc1. The van der Waals surface area contributed by atoms with E-state index in [1.807, 2.05) is 0 Å². The maximum atomic E-state index is 12.6. The average Bonchev–Trinajstić information content (AvgIpc) is 2.26. The van der Waals surface area contributed by atoms with Crippen molar-refractivity contribution in [1.82, 2.24) is 0 Å². The van der Waals surface area contributed by atoms with E-state index in [1.54, 1.807) is 19.1 Å². The molecule has 0 saturated heterocycles. The zero-order chi connectivity index (χ0) is 11.3. The van der Waals surface area contributed by atoms with Gasteiger partial charge in [-0.2, -0.15) is 0 Å². The van der Waals surface area contributed by atoms with Gasteiger partial charge in [-0.15, -0.1) is 0 Å². The van der Waals surface area contributed by atoms with Crippen LogP contribution in [0.25, 0.3) is 0 Å². The number of carbonyl (C=O) groups is 1. The van der Waals surface area contributed by atoms with Crippen molar-refractivity contribution >= 4 is 21.9 Å². The van der Waals surface area contributed by atoms with Crippen molar-refractivity contribution in [3.8, 4) is 0 Å². The van der Waals surface area contributed by atoms with Gasteiger partial charge in [0.05, 0.1) is 4.83 Å². The van der Waals surface area contributed by atoms with Gasteiger partial charge in [0.25, 0.3) is 0 Å². The lowest BCUT2D eigenvalue weighted by molar-refractivity contribution is -0.143. The molecule has 1 rings (SSSR count). The van der Waals surface area contributed by atoms with Crippen LogP contribution in [0, 0.1) is 5.82 Å². The number of hydrogen-bond donors (Lipinski definition) is 0. The first-order valence-corrected chi connectivity index (χ1v) is 5.60. The van der Waals surface area contributed by atoms with Gasteiger partial charge in [0.1, 0.15) is 12.4 Å². The van der Waals surface area contributed by atoms with E-state index < -0.39 is 0 Å². The molecule has 82 valence electrons. The summed E-state index contributed by atoms with van der Waals surface area (Å²) in [6, 6.07) is 6.08. The molecule has 0 aliphatic carbocycles. The summed E-state index contributed by atoms with van der Waals surface area (Å²) in [5.41, 5.74) is 0.889. The Bertz CT molecular complexity index is 324. The van der Waals surface area contributed by atoms with Crippen molar-refractivity contribution in [2.45, 2.75) is 18.2 Å². The standard InChI is InChI=1S/C11H12BrFO2/c1-2-11(14)15-7-10(12)8-3-5-9(13)6-4-8/h3-6,10H,2,7H2,1H3. The molecule has 0 fully saturated rings. The van der Waals surface area contributed by atoms with Gasteiger partial charge in [0.2, 0.25) is 0 Å². The number of carbonyl (C=O) groups excluding carboxylic acids is 1. The lowest BCUT2D eigenvalue weighted by Crippen LogP contribution is -2.08. The number of alkyl halides is 1. The summed E-state index contributed by atoms with van der Waals surface area (Å²) in [6.45, 7) is 2.00. The molecule has 0 spiro atoms. The molecule has 0 aromatic heterocycles. The predicted octanol–water partition coefficient (Wildman–Crippen LogP) is 3.21. The van der Waals surface area contributed by atoms with Crippen molar-refractivity contribution in [2.75, 3.05) is 6.61 Å². The van der Waals surface area contributed by atoms with Crippen molar-refractivity contribution in [3.05, 3.63) is 35.6 Å². The number of hydrogen-bond acceptors (Lipinski definition) is 2. The Morgan fingerprint density at radius 1 is 1.47 bits per heavy atom. The monoisotopic (exact) mass is 274 g/mol. The lowest BCUT2D eigenvalue weighted by Gasteiger charge is -2.10. The van der Waals surface area contributed by atoms with Gasteiger partial charge < -0.3 is 4.74 Å². The fourth-order valence-electron chi connectivity index (χ4n) is 1.04. The molecule has 0 radical (unpaired) electrons. The second-order valence-corrected chi connectivity index (χ2v) is 4.16. The van der Waals surface area contributed by atoms with E-state index in [9.17, 15) is 9.18 Å². The van der Waals surface area contributed by atoms with Gasteiger partial charge in [0.15, 0.2) is 0 Å². The minimum absolute atomic E-state index is 0.0893. The highest BCUT2D eigenvalue weighted by atomic mass is 79.9. The zero-order valence-corrected chi connectivity index (χ0v) is 9.96. The summed E-state index contributed by atoms with van der Waals surface area (Å²) in [5.74, 6) is -0.509. The largest absolute Gasteiger partial charge is 0.464 e. The van der Waals surface area contributed by atoms with Crippen LogP contribution in [0.15, 0.2) is 24.3 Å². The first kappa shape index (κ1) is 12.2. The Kier molecular flexibility index (Phi) is 4.75. The molecular formula is C11H12BrFO2. The van der Waals surface area contributed by atoms with E-state index in [0.29, 0.717) is 6.42 Å². The predicted molar refractivity (Wildman–Crippen MR) is 59.3 cm³/mol. The Hall–Kier alpha value is -0.900. The van der Waals surface area contributed by atoms with Crippen molar-refractivity contribution in [1.29, 1.82) is 0 Å². The van der Waals surface area contributed by atoms with Gasteiger partial charge in [-0.1, -0.05) is 35.0 Å². The minimum Gasteiger partial charge on any atom is -0.464 e. The van der Waals surface area contributed by atoms with Crippen LogP contribution in [0.2, 0.25) is 0 Å². The highest BCUT2D eigenvalue weighted by Gasteiger charge is 2.09. The Balaban J connectivity index is 2.50. The Morgan fingerprint density at radius 3 is 2.60 bits per heavy atom. The molecule has 0 aliphatic rings. The molecular weight excluding hydrogens is 263 g/mol. The third-order valence-corrected chi connectivity index (χ3v) is 2.70. The fourth-order valence-corrected chi connectivity index (χ4v) is 1.47. The molecule has 0 saturated carbocycles. The van der Waals surface area contributed by atoms with Crippen LogP contribution in [-0.4, -0.2) is 12.6 Å². The van der Waals surface area contributed by atoms with Gasteiger partial charge in [-0.3, -0.25) is 4.79 Å². The summed E-state index contributed by atoms with van der Waals surface area (Å²) >= 11 is 3.37. The number of benzene rings is 1.